The maximum atomic E-state index is 12.8. The number of fused-ring (bicyclic) bond motifs is 2. The number of carbonyl (C=O) groups is 2. The highest BCUT2D eigenvalue weighted by atomic mass is 32.1. The number of nitrogens with one attached hydrogen (secondary N) is 1. The van der Waals surface area contributed by atoms with Crippen molar-refractivity contribution in [3.63, 3.8) is 0 Å². The second-order valence-electron chi connectivity index (χ2n) is 8.99. The van der Waals surface area contributed by atoms with E-state index in [0.29, 0.717) is 27.7 Å². The SMILES string of the molecule is CC(C)(C)C1CCc2nc3sc(C(=O)Nc4ccc(C(N)=O)cc4)c(N)c3cc2C1. The van der Waals surface area contributed by atoms with E-state index in [0.717, 1.165) is 35.2 Å². The molecule has 4 rings (SSSR count). The molecule has 3 aromatic rings. The fraction of sp³-hybridized carbons (Fsp3) is 0.348. The number of nitrogen functional groups attached to an aromatic ring is 1. The summed E-state index contributed by atoms with van der Waals surface area (Å²) in [6, 6.07) is 8.57. The largest absolute Gasteiger partial charge is 0.397 e. The molecule has 1 atom stereocenters. The second-order valence-corrected chi connectivity index (χ2v) is 9.99. The Morgan fingerprint density at radius 3 is 2.53 bits per heavy atom. The van der Waals surface area contributed by atoms with Gasteiger partial charge in [0.2, 0.25) is 5.91 Å². The molecule has 1 aliphatic rings. The summed E-state index contributed by atoms with van der Waals surface area (Å²) in [5, 5.41) is 3.68. The number of hydrogen-bond acceptors (Lipinski definition) is 5. The molecular weight excluding hydrogens is 396 g/mol. The Morgan fingerprint density at radius 2 is 1.90 bits per heavy atom. The molecule has 6 nitrogen and oxygen atoms in total. The van der Waals surface area contributed by atoms with Gasteiger partial charge in [0.1, 0.15) is 9.71 Å². The Kier molecular flexibility index (Phi) is 5.02. The third-order valence-corrected chi connectivity index (χ3v) is 7.06. The molecule has 30 heavy (non-hydrogen) atoms. The number of carbonyl (C=O) groups excluding carboxylic acids is 2. The number of primary amides is 1. The normalized spacial score (nSPS) is 16.3. The minimum absolute atomic E-state index is 0.252. The van der Waals surface area contributed by atoms with Gasteiger partial charge in [-0.25, -0.2) is 4.98 Å². The van der Waals surface area contributed by atoms with E-state index in [2.05, 4.69) is 32.2 Å². The number of aryl methyl sites for hydroxylation is 1. The van der Waals surface area contributed by atoms with Crippen LogP contribution in [0.1, 0.15) is 58.5 Å². The van der Waals surface area contributed by atoms with Crippen molar-refractivity contribution in [3.05, 3.63) is 52.0 Å². The number of rotatable bonds is 3. The number of nitrogens with zero attached hydrogens (tertiary/aromatic N) is 1. The van der Waals surface area contributed by atoms with Gasteiger partial charge >= 0.3 is 0 Å². The summed E-state index contributed by atoms with van der Waals surface area (Å²) in [4.78, 5) is 30.1. The van der Waals surface area contributed by atoms with E-state index < -0.39 is 5.91 Å². The first-order chi connectivity index (χ1) is 14.1. The minimum atomic E-state index is -0.509. The summed E-state index contributed by atoms with van der Waals surface area (Å²) in [5.74, 6) is -0.187. The van der Waals surface area contributed by atoms with Gasteiger partial charge in [-0.3, -0.25) is 9.59 Å². The van der Waals surface area contributed by atoms with Gasteiger partial charge < -0.3 is 16.8 Å². The van der Waals surface area contributed by atoms with Gasteiger partial charge in [0.25, 0.3) is 5.91 Å². The lowest BCUT2D eigenvalue weighted by Crippen LogP contribution is -2.27. The maximum absolute atomic E-state index is 12.8. The highest BCUT2D eigenvalue weighted by Crippen LogP contribution is 2.40. The van der Waals surface area contributed by atoms with E-state index in [1.807, 2.05) is 0 Å². The van der Waals surface area contributed by atoms with Crippen LogP contribution in [0.5, 0.6) is 0 Å². The number of benzene rings is 1. The Balaban J connectivity index is 1.62. The highest BCUT2D eigenvalue weighted by molar-refractivity contribution is 7.21. The van der Waals surface area contributed by atoms with Gasteiger partial charge in [-0.1, -0.05) is 20.8 Å². The van der Waals surface area contributed by atoms with Crippen LogP contribution in [0.2, 0.25) is 0 Å². The molecule has 0 saturated heterocycles. The number of thiophene rings is 1. The molecule has 1 aliphatic carbocycles. The molecule has 2 amide bonds. The van der Waals surface area contributed by atoms with Gasteiger partial charge in [0.15, 0.2) is 0 Å². The van der Waals surface area contributed by atoms with Crippen LogP contribution in [0.4, 0.5) is 11.4 Å². The average molecular weight is 423 g/mol. The molecule has 2 heterocycles. The zero-order valence-corrected chi connectivity index (χ0v) is 18.2. The van der Waals surface area contributed by atoms with Crippen LogP contribution >= 0.6 is 11.3 Å². The summed E-state index contributed by atoms with van der Waals surface area (Å²) in [6.07, 6.45) is 3.08. The molecule has 7 heteroatoms. The van der Waals surface area contributed by atoms with Gasteiger partial charge in [-0.2, -0.15) is 0 Å². The molecule has 156 valence electrons. The van der Waals surface area contributed by atoms with Crippen molar-refractivity contribution in [2.24, 2.45) is 17.1 Å². The first-order valence-corrected chi connectivity index (χ1v) is 10.9. The lowest BCUT2D eigenvalue weighted by Gasteiger charge is -2.34. The van der Waals surface area contributed by atoms with Crippen LogP contribution < -0.4 is 16.8 Å². The van der Waals surface area contributed by atoms with Crippen LogP contribution in [0.15, 0.2) is 30.3 Å². The zero-order valence-electron chi connectivity index (χ0n) is 17.4. The molecule has 2 aromatic heterocycles. The Bertz CT molecular complexity index is 1140. The number of pyridine rings is 1. The van der Waals surface area contributed by atoms with Crippen molar-refractivity contribution in [1.29, 1.82) is 0 Å². The predicted molar refractivity (Wildman–Crippen MR) is 122 cm³/mol. The number of nitrogens with two attached hydrogens (primary N) is 2. The number of amides is 2. The summed E-state index contributed by atoms with van der Waals surface area (Å²) in [5.41, 5.74) is 15.7. The Hall–Kier alpha value is -2.93. The van der Waals surface area contributed by atoms with Crippen molar-refractivity contribution >= 4 is 44.7 Å². The van der Waals surface area contributed by atoms with Crippen LogP contribution in [-0.4, -0.2) is 16.8 Å². The molecule has 1 unspecified atom stereocenters. The van der Waals surface area contributed by atoms with E-state index in [-0.39, 0.29) is 11.3 Å². The van der Waals surface area contributed by atoms with Gasteiger partial charge in [0.05, 0.1) is 5.69 Å². The summed E-state index contributed by atoms with van der Waals surface area (Å²) >= 11 is 1.32. The first-order valence-electron chi connectivity index (χ1n) is 10.1. The Morgan fingerprint density at radius 1 is 1.20 bits per heavy atom. The number of hydrogen-bond donors (Lipinski definition) is 3. The quantitative estimate of drug-likeness (QED) is 0.581. The van der Waals surface area contributed by atoms with E-state index in [1.165, 1.54) is 16.9 Å². The van der Waals surface area contributed by atoms with Crippen LogP contribution in [0.3, 0.4) is 0 Å². The third-order valence-electron chi connectivity index (χ3n) is 5.94. The van der Waals surface area contributed by atoms with Crippen molar-refractivity contribution in [1.82, 2.24) is 4.98 Å². The molecular formula is C23H26N4O2S. The molecule has 0 bridgehead atoms. The summed E-state index contributed by atoms with van der Waals surface area (Å²) in [7, 11) is 0. The molecule has 5 N–H and O–H groups in total. The molecule has 0 aliphatic heterocycles. The lowest BCUT2D eigenvalue weighted by molar-refractivity contribution is 0.0998. The highest BCUT2D eigenvalue weighted by Gasteiger charge is 2.30. The maximum Gasteiger partial charge on any atom is 0.267 e. The van der Waals surface area contributed by atoms with E-state index in [9.17, 15) is 9.59 Å². The van der Waals surface area contributed by atoms with E-state index >= 15 is 0 Å². The number of aromatic nitrogens is 1. The molecule has 0 fully saturated rings. The lowest BCUT2D eigenvalue weighted by atomic mass is 9.71. The van der Waals surface area contributed by atoms with E-state index in [4.69, 9.17) is 16.5 Å². The fourth-order valence-electron chi connectivity index (χ4n) is 4.00. The van der Waals surface area contributed by atoms with Crippen molar-refractivity contribution in [2.45, 2.75) is 40.0 Å². The van der Waals surface area contributed by atoms with E-state index in [1.54, 1.807) is 24.3 Å². The summed E-state index contributed by atoms with van der Waals surface area (Å²) < 4.78 is 0. The van der Waals surface area contributed by atoms with Crippen molar-refractivity contribution < 1.29 is 9.59 Å². The fourth-order valence-corrected chi connectivity index (χ4v) is 5.00. The van der Waals surface area contributed by atoms with Gasteiger partial charge in [-0.15, -0.1) is 11.3 Å². The Labute approximate surface area is 179 Å². The topological polar surface area (TPSA) is 111 Å². The van der Waals surface area contributed by atoms with Gasteiger partial charge in [-0.05, 0) is 66.5 Å². The summed E-state index contributed by atoms with van der Waals surface area (Å²) in [6.45, 7) is 6.85. The van der Waals surface area contributed by atoms with Crippen LogP contribution in [-0.2, 0) is 12.8 Å². The molecule has 0 saturated carbocycles. The molecule has 1 aromatic carbocycles. The first kappa shape index (κ1) is 20.3. The monoisotopic (exact) mass is 422 g/mol. The van der Waals surface area contributed by atoms with Crippen molar-refractivity contribution in [2.75, 3.05) is 11.1 Å². The average Bonchev–Trinajstić information content (AvgIpc) is 3.01. The molecule has 0 radical (unpaired) electrons. The second kappa shape index (κ2) is 7.40. The van der Waals surface area contributed by atoms with Crippen LogP contribution in [0.25, 0.3) is 10.2 Å². The molecule has 0 spiro atoms. The standard InChI is InChI=1S/C23H26N4O2S/c1-23(2,3)14-6-9-17-13(10-14)11-16-18(24)19(30-22(16)27-17)21(29)26-15-7-4-12(5-8-15)20(25)28/h4-5,7-8,11,14H,6,9-10,24H2,1-3H3,(H2,25,28)(H,26,29). The number of anilines is 2. The minimum Gasteiger partial charge on any atom is -0.397 e. The zero-order chi connectivity index (χ0) is 21.6. The van der Waals surface area contributed by atoms with Gasteiger partial charge in [0, 0.05) is 22.3 Å². The predicted octanol–water partition coefficient (Wildman–Crippen LogP) is 4.38. The third kappa shape index (κ3) is 3.77. The van der Waals surface area contributed by atoms with Crippen LogP contribution in [0, 0.1) is 11.3 Å². The smallest absolute Gasteiger partial charge is 0.267 e. The van der Waals surface area contributed by atoms with Crippen molar-refractivity contribution in [3.8, 4) is 0 Å².